The highest BCUT2D eigenvalue weighted by Gasteiger charge is 2.25. The summed E-state index contributed by atoms with van der Waals surface area (Å²) in [6, 6.07) is 2.31. The van der Waals surface area contributed by atoms with Crippen LogP contribution in [0, 0.1) is 11.6 Å². The molecule has 0 aromatic heterocycles. The fourth-order valence-electron chi connectivity index (χ4n) is 3.94. The van der Waals surface area contributed by atoms with E-state index in [1.165, 1.54) is 12.8 Å². The van der Waals surface area contributed by atoms with Crippen LogP contribution < -0.4 is 4.72 Å². The Morgan fingerprint density at radius 1 is 0.844 bits per heavy atom. The number of amides is 2. The summed E-state index contributed by atoms with van der Waals surface area (Å²) in [7, 11) is -4.04. The number of carbonyl (C=O) groups is 2. The van der Waals surface area contributed by atoms with Crippen molar-refractivity contribution in [2.45, 2.75) is 37.0 Å². The smallest absolute Gasteiger partial charge is 0.240 e. The second-order valence-electron chi connectivity index (χ2n) is 8.18. The predicted octanol–water partition coefficient (Wildman–Crippen LogP) is 1.18. The summed E-state index contributed by atoms with van der Waals surface area (Å²) in [5, 5.41) is 0. The summed E-state index contributed by atoms with van der Waals surface area (Å²) < 4.78 is 52.9. The van der Waals surface area contributed by atoms with Gasteiger partial charge in [-0.2, -0.15) is 0 Å². The van der Waals surface area contributed by atoms with Crippen molar-refractivity contribution in [3.63, 3.8) is 0 Å². The maximum Gasteiger partial charge on any atom is 0.240 e. The van der Waals surface area contributed by atoms with E-state index in [9.17, 15) is 26.8 Å². The second kappa shape index (κ2) is 11.2. The molecule has 0 atom stereocenters. The summed E-state index contributed by atoms with van der Waals surface area (Å²) in [4.78, 5) is 30.2. The fourth-order valence-corrected chi connectivity index (χ4v) is 4.99. The third-order valence-electron chi connectivity index (χ3n) is 5.87. The quantitative estimate of drug-likeness (QED) is 0.644. The Kier molecular flexibility index (Phi) is 8.55. The maximum atomic E-state index is 13.3. The van der Waals surface area contributed by atoms with Crippen LogP contribution in [0.4, 0.5) is 8.78 Å². The van der Waals surface area contributed by atoms with Crippen LogP contribution in [0.15, 0.2) is 23.1 Å². The SMILES string of the molecule is O=C(CCNS(=O)(=O)c1ccc(F)c(F)c1)N1CCN(CC(=O)N2CCCCCC2)CC1. The Morgan fingerprint density at radius 2 is 1.47 bits per heavy atom. The minimum Gasteiger partial charge on any atom is -0.342 e. The average Bonchev–Trinajstić information content (AvgIpc) is 3.05. The van der Waals surface area contributed by atoms with Gasteiger partial charge >= 0.3 is 0 Å². The number of likely N-dealkylation sites (tertiary alicyclic amines) is 1. The van der Waals surface area contributed by atoms with E-state index in [0.29, 0.717) is 38.8 Å². The first kappa shape index (κ1) is 24.5. The van der Waals surface area contributed by atoms with Gasteiger partial charge in [0.1, 0.15) is 0 Å². The number of nitrogens with zero attached hydrogens (tertiary/aromatic N) is 3. The highest BCUT2D eigenvalue weighted by atomic mass is 32.2. The van der Waals surface area contributed by atoms with Gasteiger partial charge < -0.3 is 9.80 Å². The molecular formula is C21H30F2N4O4S. The highest BCUT2D eigenvalue weighted by Crippen LogP contribution is 2.14. The first-order valence-corrected chi connectivity index (χ1v) is 12.5. The van der Waals surface area contributed by atoms with Crippen LogP contribution in [0.25, 0.3) is 0 Å². The van der Waals surface area contributed by atoms with Crippen LogP contribution >= 0.6 is 0 Å². The molecule has 0 saturated carbocycles. The number of nitrogens with one attached hydrogen (secondary N) is 1. The second-order valence-corrected chi connectivity index (χ2v) is 9.94. The Balaban J connectivity index is 1.39. The maximum absolute atomic E-state index is 13.3. The van der Waals surface area contributed by atoms with Crippen molar-refractivity contribution < 1.29 is 26.8 Å². The number of halogens is 2. The molecular weight excluding hydrogens is 442 g/mol. The van der Waals surface area contributed by atoms with Crippen molar-refractivity contribution in [3.8, 4) is 0 Å². The zero-order chi connectivity index (χ0) is 23.1. The molecule has 1 aromatic carbocycles. The average molecular weight is 473 g/mol. The lowest BCUT2D eigenvalue weighted by molar-refractivity contribution is -0.135. The third-order valence-corrected chi connectivity index (χ3v) is 7.33. The van der Waals surface area contributed by atoms with Gasteiger partial charge in [0.25, 0.3) is 0 Å². The van der Waals surface area contributed by atoms with Gasteiger partial charge in [0, 0.05) is 52.2 Å². The number of rotatable bonds is 7. The molecule has 0 bridgehead atoms. The molecule has 2 aliphatic heterocycles. The molecule has 8 nitrogen and oxygen atoms in total. The van der Waals surface area contributed by atoms with E-state index in [1.807, 2.05) is 9.80 Å². The van der Waals surface area contributed by atoms with E-state index in [4.69, 9.17) is 0 Å². The van der Waals surface area contributed by atoms with Crippen molar-refractivity contribution in [1.82, 2.24) is 19.4 Å². The Bertz CT molecular complexity index is 912. The topological polar surface area (TPSA) is 90.0 Å². The van der Waals surface area contributed by atoms with Gasteiger partial charge in [0.05, 0.1) is 11.4 Å². The molecule has 2 heterocycles. The monoisotopic (exact) mass is 472 g/mol. The van der Waals surface area contributed by atoms with E-state index >= 15 is 0 Å². The standard InChI is InChI=1S/C21H30F2N4O4S/c22-18-6-5-17(15-19(18)23)32(30,31)24-8-7-20(28)27-13-11-25(12-14-27)16-21(29)26-9-3-1-2-4-10-26/h5-6,15,24H,1-4,7-14,16H2. The molecule has 178 valence electrons. The van der Waals surface area contributed by atoms with Crippen molar-refractivity contribution in [2.24, 2.45) is 0 Å². The van der Waals surface area contributed by atoms with Crippen LogP contribution in [0.2, 0.25) is 0 Å². The third kappa shape index (κ3) is 6.69. The molecule has 0 aliphatic carbocycles. The first-order valence-electron chi connectivity index (χ1n) is 11.0. The number of hydrogen-bond acceptors (Lipinski definition) is 5. The summed E-state index contributed by atoms with van der Waals surface area (Å²) in [5.74, 6) is -2.45. The van der Waals surface area contributed by atoms with Crippen LogP contribution in [0.1, 0.15) is 32.1 Å². The van der Waals surface area contributed by atoms with Crippen LogP contribution in [-0.2, 0) is 19.6 Å². The normalized spacial score (nSPS) is 18.4. The molecule has 2 aliphatic rings. The molecule has 0 radical (unpaired) electrons. The van der Waals surface area contributed by atoms with Crippen molar-refractivity contribution in [3.05, 3.63) is 29.8 Å². The molecule has 32 heavy (non-hydrogen) atoms. The van der Waals surface area contributed by atoms with Gasteiger partial charge in [-0.3, -0.25) is 14.5 Å². The van der Waals surface area contributed by atoms with Crippen molar-refractivity contribution >= 4 is 21.8 Å². The summed E-state index contributed by atoms with van der Waals surface area (Å²) in [6.07, 6.45) is 4.39. The zero-order valence-electron chi connectivity index (χ0n) is 18.1. The zero-order valence-corrected chi connectivity index (χ0v) is 18.9. The van der Waals surface area contributed by atoms with Gasteiger partial charge in [-0.15, -0.1) is 0 Å². The highest BCUT2D eigenvalue weighted by molar-refractivity contribution is 7.89. The molecule has 2 saturated heterocycles. The lowest BCUT2D eigenvalue weighted by Gasteiger charge is -2.35. The van der Waals surface area contributed by atoms with E-state index < -0.39 is 26.6 Å². The lowest BCUT2D eigenvalue weighted by atomic mass is 10.2. The molecule has 2 amide bonds. The lowest BCUT2D eigenvalue weighted by Crippen LogP contribution is -2.52. The van der Waals surface area contributed by atoms with E-state index in [-0.39, 0.29) is 24.8 Å². The van der Waals surface area contributed by atoms with Gasteiger partial charge in [-0.25, -0.2) is 21.9 Å². The minimum atomic E-state index is -4.04. The van der Waals surface area contributed by atoms with Crippen LogP contribution in [0.5, 0.6) is 0 Å². The van der Waals surface area contributed by atoms with E-state index in [0.717, 1.165) is 38.1 Å². The molecule has 0 spiro atoms. The Hall–Kier alpha value is -2.11. The van der Waals surface area contributed by atoms with Crippen molar-refractivity contribution in [2.75, 3.05) is 52.4 Å². The number of carbonyl (C=O) groups excluding carboxylic acids is 2. The Morgan fingerprint density at radius 3 is 2.09 bits per heavy atom. The molecule has 1 aromatic rings. The molecule has 11 heteroatoms. The number of sulfonamides is 1. The van der Waals surface area contributed by atoms with E-state index in [2.05, 4.69) is 4.72 Å². The van der Waals surface area contributed by atoms with Crippen molar-refractivity contribution in [1.29, 1.82) is 0 Å². The molecule has 0 unspecified atom stereocenters. The summed E-state index contributed by atoms with van der Waals surface area (Å²) in [5.41, 5.74) is 0. The molecule has 1 N–H and O–H groups in total. The van der Waals surface area contributed by atoms with Gasteiger partial charge in [0.15, 0.2) is 11.6 Å². The molecule has 3 rings (SSSR count). The summed E-state index contributed by atoms with van der Waals surface area (Å²) in [6.45, 7) is 3.97. The first-order chi connectivity index (χ1) is 15.3. The predicted molar refractivity (Wildman–Crippen MR) is 114 cm³/mol. The Labute approximate surface area is 187 Å². The van der Waals surface area contributed by atoms with Crippen LogP contribution in [0.3, 0.4) is 0 Å². The fraction of sp³-hybridized carbons (Fsp3) is 0.619. The number of piperazine rings is 1. The molecule has 2 fully saturated rings. The number of hydrogen-bond donors (Lipinski definition) is 1. The van der Waals surface area contributed by atoms with Gasteiger partial charge in [-0.1, -0.05) is 12.8 Å². The number of benzene rings is 1. The van der Waals surface area contributed by atoms with Gasteiger partial charge in [0.2, 0.25) is 21.8 Å². The van der Waals surface area contributed by atoms with Gasteiger partial charge in [-0.05, 0) is 31.0 Å². The van der Waals surface area contributed by atoms with Crippen LogP contribution in [-0.4, -0.2) is 87.3 Å². The minimum absolute atomic E-state index is 0.0460. The van der Waals surface area contributed by atoms with E-state index in [1.54, 1.807) is 4.90 Å². The largest absolute Gasteiger partial charge is 0.342 e. The summed E-state index contributed by atoms with van der Waals surface area (Å²) >= 11 is 0.